The van der Waals surface area contributed by atoms with Crippen LogP contribution >= 0.6 is 11.6 Å². The Bertz CT molecular complexity index is 597. The second-order valence-corrected chi connectivity index (χ2v) is 6.18. The van der Waals surface area contributed by atoms with Crippen molar-refractivity contribution in [1.29, 1.82) is 0 Å². The molecular formula is C16H21ClFN3O2. The van der Waals surface area contributed by atoms with Gasteiger partial charge in [0, 0.05) is 57.3 Å². The van der Waals surface area contributed by atoms with Gasteiger partial charge in [-0.3, -0.25) is 14.5 Å². The molecule has 0 radical (unpaired) electrons. The SMILES string of the molecule is CNC(=O)C1CN(Cc2ccc(Cl)cc2F)CCN(C(C)=O)C1. The van der Waals surface area contributed by atoms with Gasteiger partial charge in [-0.2, -0.15) is 0 Å². The van der Waals surface area contributed by atoms with Crippen LogP contribution in [-0.2, 0) is 16.1 Å². The van der Waals surface area contributed by atoms with Gasteiger partial charge in [0.25, 0.3) is 0 Å². The molecule has 0 aliphatic carbocycles. The summed E-state index contributed by atoms with van der Waals surface area (Å²) in [6.45, 7) is 3.85. The molecule has 5 nitrogen and oxygen atoms in total. The molecule has 23 heavy (non-hydrogen) atoms. The summed E-state index contributed by atoms with van der Waals surface area (Å²) in [7, 11) is 1.58. The summed E-state index contributed by atoms with van der Waals surface area (Å²) in [4.78, 5) is 27.4. The topological polar surface area (TPSA) is 52.7 Å². The number of benzene rings is 1. The molecule has 1 atom stereocenters. The van der Waals surface area contributed by atoms with Crippen LogP contribution in [0.2, 0.25) is 5.02 Å². The van der Waals surface area contributed by atoms with Crippen molar-refractivity contribution in [2.24, 2.45) is 5.92 Å². The molecule has 0 saturated carbocycles. The minimum atomic E-state index is -0.360. The van der Waals surface area contributed by atoms with Crippen LogP contribution in [0.4, 0.5) is 4.39 Å². The number of nitrogens with zero attached hydrogens (tertiary/aromatic N) is 2. The Morgan fingerprint density at radius 2 is 2.09 bits per heavy atom. The summed E-state index contributed by atoms with van der Waals surface area (Å²) in [6, 6.07) is 4.59. The number of hydrogen-bond acceptors (Lipinski definition) is 3. The van der Waals surface area contributed by atoms with Gasteiger partial charge in [0.1, 0.15) is 5.82 Å². The van der Waals surface area contributed by atoms with E-state index in [9.17, 15) is 14.0 Å². The van der Waals surface area contributed by atoms with Gasteiger partial charge in [-0.15, -0.1) is 0 Å². The third-order valence-electron chi connectivity index (χ3n) is 4.08. The summed E-state index contributed by atoms with van der Waals surface area (Å²) in [5.74, 6) is -0.860. The maximum atomic E-state index is 14.0. The van der Waals surface area contributed by atoms with Gasteiger partial charge in [0.15, 0.2) is 0 Å². The lowest BCUT2D eigenvalue weighted by molar-refractivity contribution is -0.130. The van der Waals surface area contributed by atoms with Crippen molar-refractivity contribution in [2.45, 2.75) is 13.5 Å². The number of halogens is 2. The number of hydrogen-bond donors (Lipinski definition) is 1. The molecule has 0 bridgehead atoms. The normalized spacial score (nSPS) is 19.3. The third-order valence-corrected chi connectivity index (χ3v) is 4.31. The Kier molecular flexibility index (Phi) is 5.96. The Labute approximate surface area is 140 Å². The monoisotopic (exact) mass is 341 g/mol. The summed E-state index contributed by atoms with van der Waals surface area (Å²) in [5, 5.41) is 2.98. The van der Waals surface area contributed by atoms with Crippen molar-refractivity contribution >= 4 is 23.4 Å². The first-order valence-electron chi connectivity index (χ1n) is 7.54. The molecule has 1 heterocycles. The van der Waals surface area contributed by atoms with E-state index in [0.717, 1.165) is 0 Å². The number of carbonyl (C=O) groups excluding carboxylic acids is 2. The summed E-state index contributed by atoms with van der Waals surface area (Å²) in [5.41, 5.74) is 0.529. The van der Waals surface area contributed by atoms with Gasteiger partial charge < -0.3 is 10.2 Å². The molecule has 1 N–H and O–H groups in total. The maximum absolute atomic E-state index is 14.0. The predicted octanol–water partition coefficient (Wildman–Crippen LogP) is 1.51. The molecule has 1 aliphatic heterocycles. The van der Waals surface area contributed by atoms with Gasteiger partial charge in [0.2, 0.25) is 11.8 Å². The molecule has 1 aliphatic rings. The average molecular weight is 342 g/mol. The van der Waals surface area contributed by atoms with Crippen molar-refractivity contribution < 1.29 is 14.0 Å². The number of amides is 2. The van der Waals surface area contributed by atoms with Gasteiger partial charge in [-0.05, 0) is 12.1 Å². The Morgan fingerprint density at radius 1 is 1.35 bits per heavy atom. The molecule has 0 aromatic heterocycles. The van der Waals surface area contributed by atoms with Gasteiger partial charge in [0.05, 0.1) is 5.92 Å². The minimum Gasteiger partial charge on any atom is -0.359 e. The van der Waals surface area contributed by atoms with Crippen LogP contribution < -0.4 is 5.32 Å². The van der Waals surface area contributed by atoms with E-state index >= 15 is 0 Å². The Morgan fingerprint density at radius 3 is 2.70 bits per heavy atom. The van der Waals surface area contributed by atoms with Crippen molar-refractivity contribution in [3.05, 3.63) is 34.6 Å². The summed E-state index contributed by atoms with van der Waals surface area (Å²) in [6.07, 6.45) is 0. The first kappa shape index (κ1) is 17.7. The van der Waals surface area contributed by atoms with E-state index in [2.05, 4.69) is 5.32 Å². The van der Waals surface area contributed by atoms with Gasteiger partial charge in [-0.25, -0.2) is 4.39 Å². The van der Waals surface area contributed by atoms with E-state index in [1.165, 1.54) is 13.0 Å². The molecular weight excluding hydrogens is 321 g/mol. The fourth-order valence-corrected chi connectivity index (χ4v) is 2.93. The van der Waals surface area contributed by atoms with E-state index in [-0.39, 0.29) is 23.5 Å². The lowest BCUT2D eigenvalue weighted by atomic mass is 10.1. The van der Waals surface area contributed by atoms with Gasteiger partial charge >= 0.3 is 0 Å². The molecule has 1 saturated heterocycles. The van der Waals surface area contributed by atoms with Crippen molar-refractivity contribution in [3.8, 4) is 0 Å². The zero-order valence-corrected chi connectivity index (χ0v) is 14.1. The van der Waals surface area contributed by atoms with Crippen LogP contribution in [0.25, 0.3) is 0 Å². The lowest BCUT2D eigenvalue weighted by Gasteiger charge is -2.23. The van der Waals surface area contributed by atoms with E-state index in [0.29, 0.717) is 43.3 Å². The van der Waals surface area contributed by atoms with Crippen LogP contribution in [0.3, 0.4) is 0 Å². The first-order chi connectivity index (χ1) is 10.9. The molecule has 1 aromatic carbocycles. The number of rotatable bonds is 3. The highest BCUT2D eigenvalue weighted by atomic mass is 35.5. The van der Waals surface area contributed by atoms with E-state index in [1.54, 1.807) is 24.1 Å². The Balaban J connectivity index is 2.14. The lowest BCUT2D eigenvalue weighted by Crippen LogP contribution is -2.40. The largest absolute Gasteiger partial charge is 0.359 e. The second-order valence-electron chi connectivity index (χ2n) is 5.75. The predicted molar refractivity (Wildman–Crippen MR) is 86.5 cm³/mol. The zero-order valence-electron chi connectivity index (χ0n) is 13.3. The van der Waals surface area contributed by atoms with E-state index in [4.69, 9.17) is 11.6 Å². The highest BCUT2D eigenvalue weighted by Gasteiger charge is 2.28. The molecule has 1 aromatic rings. The van der Waals surface area contributed by atoms with Crippen LogP contribution in [0, 0.1) is 11.7 Å². The first-order valence-corrected chi connectivity index (χ1v) is 7.92. The van der Waals surface area contributed by atoms with Crippen molar-refractivity contribution in [2.75, 3.05) is 33.2 Å². The molecule has 126 valence electrons. The number of carbonyl (C=O) groups is 2. The second kappa shape index (κ2) is 7.75. The third kappa shape index (κ3) is 4.65. The standard InChI is InChI=1S/C16H21ClFN3O2/c1-11(22)21-6-5-20(9-13(10-21)16(23)19-2)8-12-3-4-14(17)7-15(12)18/h3-4,7,13H,5-6,8-10H2,1-2H3,(H,19,23). The van der Waals surface area contributed by atoms with Gasteiger partial charge in [-0.1, -0.05) is 17.7 Å². The zero-order chi connectivity index (χ0) is 17.0. The molecule has 1 fully saturated rings. The minimum absolute atomic E-state index is 0.0570. The highest BCUT2D eigenvalue weighted by Crippen LogP contribution is 2.18. The average Bonchev–Trinajstić information content (AvgIpc) is 2.72. The molecule has 2 rings (SSSR count). The summed E-state index contributed by atoms with van der Waals surface area (Å²) >= 11 is 5.77. The summed E-state index contributed by atoms with van der Waals surface area (Å²) < 4.78 is 14.0. The molecule has 0 spiro atoms. The molecule has 2 amide bonds. The number of nitrogens with one attached hydrogen (secondary N) is 1. The fraction of sp³-hybridized carbons (Fsp3) is 0.500. The Hall–Kier alpha value is -1.66. The van der Waals surface area contributed by atoms with E-state index < -0.39 is 0 Å². The fourth-order valence-electron chi connectivity index (χ4n) is 2.77. The van der Waals surface area contributed by atoms with E-state index in [1.807, 2.05) is 4.90 Å². The molecule has 1 unspecified atom stereocenters. The molecule has 7 heteroatoms. The maximum Gasteiger partial charge on any atom is 0.225 e. The van der Waals surface area contributed by atoms with Crippen molar-refractivity contribution in [3.63, 3.8) is 0 Å². The highest BCUT2D eigenvalue weighted by molar-refractivity contribution is 6.30. The quantitative estimate of drug-likeness (QED) is 0.906. The van der Waals surface area contributed by atoms with Crippen molar-refractivity contribution in [1.82, 2.24) is 15.1 Å². The van der Waals surface area contributed by atoms with Crippen LogP contribution in [0.5, 0.6) is 0 Å². The van der Waals surface area contributed by atoms with Crippen LogP contribution in [0.15, 0.2) is 18.2 Å². The van der Waals surface area contributed by atoms with Crippen LogP contribution in [-0.4, -0.2) is 54.8 Å². The van der Waals surface area contributed by atoms with Crippen LogP contribution in [0.1, 0.15) is 12.5 Å². The smallest absolute Gasteiger partial charge is 0.225 e.